The zero-order valence-corrected chi connectivity index (χ0v) is 36.4. The van der Waals surface area contributed by atoms with Gasteiger partial charge in [-0.2, -0.15) is 9.97 Å². The number of carbonyl (C=O) groups is 4. The van der Waals surface area contributed by atoms with Gasteiger partial charge in [0, 0.05) is 39.8 Å². The Labute approximate surface area is 391 Å². The van der Waals surface area contributed by atoms with Gasteiger partial charge in [0.05, 0.1) is 52.7 Å². The number of carboxylic acid groups (broad SMARTS) is 1. The lowest BCUT2D eigenvalue weighted by atomic mass is 10.1. The normalized spacial score (nSPS) is 10.4. The first-order valence-corrected chi connectivity index (χ1v) is 20.6. The molecule has 8 rings (SSSR count). The van der Waals surface area contributed by atoms with Crippen LogP contribution in [0.4, 0.5) is 23.3 Å². The first-order chi connectivity index (χ1) is 31.7. The molecule has 0 atom stereocenters. The van der Waals surface area contributed by atoms with Crippen LogP contribution in [0.2, 0.25) is 0 Å². The zero-order valence-electron chi connectivity index (χ0n) is 36.4. The largest absolute Gasteiger partial charge is 0.478 e. The fourth-order valence-corrected chi connectivity index (χ4v) is 6.81. The number of fused-ring (bicyclic) bond motifs is 2. The third kappa shape index (κ3) is 11.1. The van der Waals surface area contributed by atoms with E-state index in [0.29, 0.717) is 86.7 Å². The fourth-order valence-electron chi connectivity index (χ4n) is 6.81. The summed E-state index contributed by atoms with van der Waals surface area (Å²) >= 11 is 0. The van der Waals surface area contributed by atoms with E-state index in [1.807, 2.05) is 6.92 Å². The highest BCUT2D eigenvalue weighted by Crippen LogP contribution is 2.24. The van der Waals surface area contributed by atoms with Crippen molar-refractivity contribution in [1.29, 1.82) is 0 Å². The number of pyridine rings is 2. The predicted molar refractivity (Wildman–Crippen MR) is 262 cm³/mol. The first-order valence-electron chi connectivity index (χ1n) is 20.6. The lowest BCUT2D eigenvalue weighted by molar-refractivity contribution is 0.0517. The molecule has 0 saturated heterocycles. The fraction of sp³-hybridized carbons (Fsp3) is 0.176. The van der Waals surface area contributed by atoms with Crippen LogP contribution in [0, 0.1) is 13.8 Å². The molecule has 0 amide bonds. The topological polar surface area (TPSA) is 227 Å². The van der Waals surface area contributed by atoms with Crippen molar-refractivity contribution < 1.29 is 33.8 Å². The van der Waals surface area contributed by atoms with Crippen molar-refractivity contribution in [2.75, 3.05) is 23.8 Å². The highest BCUT2D eigenvalue weighted by atomic mass is 16.5. The van der Waals surface area contributed by atoms with Gasteiger partial charge in [-0.25, -0.2) is 24.4 Å². The summed E-state index contributed by atoms with van der Waals surface area (Å²) < 4.78 is 12.9. The van der Waals surface area contributed by atoms with Crippen molar-refractivity contribution in [3.63, 3.8) is 0 Å². The maximum atomic E-state index is 12.8. The van der Waals surface area contributed by atoms with Crippen molar-refractivity contribution in [3.05, 3.63) is 176 Å². The molecular weight excluding hydrogens is 869 g/mol. The number of carbonyl (C=O) groups excluding carboxylic acids is 3. The van der Waals surface area contributed by atoms with Crippen LogP contribution in [0.5, 0.6) is 0 Å². The summed E-state index contributed by atoms with van der Waals surface area (Å²) in [4.78, 5) is 90.0. The van der Waals surface area contributed by atoms with Crippen LogP contribution in [0.1, 0.15) is 88.4 Å². The number of aromatic nitrogens is 6. The van der Waals surface area contributed by atoms with E-state index in [1.54, 1.807) is 118 Å². The molecule has 0 spiro atoms. The van der Waals surface area contributed by atoms with Gasteiger partial charge >= 0.3 is 17.9 Å². The van der Waals surface area contributed by atoms with Gasteiger partial charge in [-0.1, -0.05) is 14.9 Å². The molecule has 0 bridgehead atoms. The second-order valence-corrected chi connectivity index (χ2v) is 14.6. The third-order valence-corrected chi connectivity index (χ3v) is 10.1. The minimum atomic E-state index is -1.05. The predicted octanol–water partition coefficient (Wildman–Crippen LogP) is 9.19. The molecule has 17 nitrogen and oxygen atoms in total. The number of ketones is 1. The maximum Gasteiger partial charge on any atom is 0.338 e. The molecule has 17 heteroatoms. The average Bonchev–Trinajstić information content (AvgIpc) is 3.30. The second-order valence-electron chi connectivity index (χ2n) is 14.6. The van der Waals surface area contributed by atoms with Gasteiger partial charge in [0.25, 0.3) is 11.1 Å². The summed E-state index contributed by atoms with van der Waals surface area (Å²) in [5.74, 6) is -1.31. The maximum absolute atomic E-state index is 12.8. The van der Waals surface area contributed by atoms with Gasteiger partial charge < -0.3 is 25.2 Å². The van der Waals surface area contributed by atoms with Gasteiger partial charge in [-0.3, -0.25) is 23.5 Å². The number of nitrogens with zero attached hydrogens (tertiary/aromatic N) is 6. The Hall–Kier alpha value is -8.86. The van der Waals surface area contributed by atoms with Crippen molar-refractivity contribution in [2.24, 2.45) is 0 Å². The number of nitrogens with one attached hydrogen (secondary N) is 2. The number of ether oxygens (including phenoxy) is 2. The average molecular weight is 919 g/mol. The molecule has 0 aliphatic heterocycles. The van der Waals surface area contributed by atoms with Crippen molar-refractivity contribution in [3.8, 4) is 11.4 Å². The summed E-state index contributed by atoms with van der Waals surface area (Å²) in [6.45, 7) is 9.24. The summed E-state index contributed by atoms with van der Waals surface area (Å²) in [6.07, 6.45) is 0. The van der Waals surface area contributed by atoms with Crippen LogP contribution >= 0.6 is 0 Å². The van der Waals surface area contributed by atoms with E-state index >= 15 is 0 Å². The number of carboxylic acids is 1. The second kappa shape index (κ2) is 21.9. The molecule has 4 aromatic carbocycles. The number of Topliss-reactive ketones (excluding diaryl/α,β-unsaturated/α-hetero) is 1. The van der Waals surface area contributed by atoms with E-state index in [4.69, 9.17) is 14.6 Å². The highest BCUT2D eigenvalue weighted by molar-refractivity contribution is 5.94. The molecule has 0 radical (unpaired) electrons. The monoisotopic (exact) mass is 918 g/mol. The van der Waals surface area contributed by atoms with Crippen LogP contribution in [0.3, 0.4) is 0 Å². The minimum absolute atomic E-state index is 0. The van der Waals surface area contributed by atoms with E-state index in [0.717, 1.165) is 5.39 Å². The summed E-state index contributed by atoms with van der Waals surface area (Å²) in [5, 5.41) is 16.8. The number of esters is 2. The molecule has 0 saturated carbocycles. The summed E-state index contributed by atoms with van der Waals surface area (Å²) in [5.41, 5.74) is 5.57. The van der Waals surface area contributed by atoms with Crippen LogP contribution in [0.15, 0.2) is 131 Å². The minimum Gasteiger partial charge on any atom is -0.478 e. The van der Waals surface area contributed by atoms with E-state index < -0.39 is 11.9 Å². The lowest BCUT2D eigenvalue weighted by Gasteiger charge is -2.13. The Balaban J connectivity index is 0.000000247. The standard InChI is InChI=1S/C25H22N4O4.C24H20N4O5.2CH4/c1-4-33-24(32)18-5-9-19(10-6-18)27-25-26-15(2)21-13-14-22(31)29(23(21)28-25)20-11-7-17(8-12-20)16(3)30;1-3-33-23(32)16-4-8-17(9-5-16)26-24-25-14(2)19-12-13-20(29)28(21(19)27-24)18-10-6-15(7-11-18)22(30)31;;/h5-14H,4H2,1-3H3,(H,26,27,28);4-13H,3H2,1-2H3,(H,30,31)(H,25,26,27);2*1H4. The van der Waals surface area contributed by atoms with Crippen LogP contribution < -0.4 is 21.8 Å². The highest BCUT2D eigenvalue weighted by Gasteiger charge is 2.16. The van der Waals surface area contributed by atoms with Crippen molar-refractivity contribution in [2.45, 2.75) is 49.5 Å². The van der Waals surface area contributed by atoms with Gasteiger partial charge in [-0.05, 0) is 144 Å². The third-order valence-electron chi connectivity index (χ3n) is 10.1. The Morgan fingerprint density at radius 3 is 1.21 bits per heavy atom. The van der Waals surface area contributed by atoms with E-state index in [9.17, 15) is 28.8 Å². The number of aryl methyl sites for hydroxylation is 2. The number of rotatable bonds is 12. The van der Waals surface area contributed by atoms with E-state index in [1.165, 1.54) is 40.3 Å². The lowest BCUT2D eigenvalue weighted by Crippen LogP contribution is -2.19. The van der Waals surface area contributed by atoms with Gasteiger partial charge in [0.1, 0.15) is 0 Å². The number of benzene rings is 4. The molecule has 0 fully saturated rings. The molecule has 0 aliphatic rings. The summed E-state index contributed by atoms with van der Waals surface area (Å²) in [6, 6.07) is 32.5. The number of aromatic carboxylic acids is 1. The quantitative estimate of drug-likeness (QED) is 0.0767. The number of anilines is 4. The van der Waals surface area contributed by atoms with Crippen LogP contribution in [0.25, 0.3) is 33.4 Å². The molecule has 4 heterocycles. The Morgan fingerprint density at radius 1 is 0.515 bits per heavy atom. The molecule has 348 valence electrons. The first kappa shape index (κ1) is 50.1. The molecule has 3 N–H and O–H groups in total. The Bertz CT molecular complexity index is 3040. The van der Waals surface area contributed by atoms with Crippen LogP contribution in [-0.2, 0) is 9.47 Å². The number of hydrogen-bond donors (Lipinski definition) is 3. The van der Waals surface area contributed by atoms with Crippen LogP contribution in [-0.4, -0.2) is 71.1 Å². The van der Waals surface area contributed by atoms with Gasteiger partial charge in [0.15, 0.2) is 17.1 Å². The SMILES string of the molecule is C.C.CCOC(=O)c1ccc(Nc2nc(C)c3ccc(=O)n(-c4ccc(C(=O)O)cc4)c3n2)cc1.CCOC(=O)c1ccc(Nc2nc(C)c3ccc(=O)n(-c4ccc(C(C)=O)cc4)c3n2)cc1. The number of hydrogen-bond acceptors (Lipinski definition) is 14. The molecule has 0 aliphatic carbocycles. The molecular formula is C51H50N8O9. The van der Waals surface area contributed by atoms with Gasteiger partial charge in [0.2, 0.25) is 11.9 Å². The van der Waals surface area contributed by atoms with E-state index in [2.05, 4.69) is 30.6 Å². The molecule has 8 aromatic rings. The smallest absolute Gasteiger partial charge is 0.338 e. The Morgan fingerprint density at radius 2 is 0.868 bits per heavy atom. The molecule has 4 aromatic heterocycles. The van der Waals surface area contributed by atoms with Crippen molar-refractivity contribution in [1.82, 2.24) is 29.1 Å². The van der Waals surface area contributed by atoms with Crippen molar-refractivity contribution >= 4 is 69.0 Å². The zero-order chi connectivity index (χ0) is 47.1. The van der Waals surface area contributed by atoms with Gasteiger partial charge in [-0.15, -0.1) is 0 Å². The molecule has 0 unspecified atom stereocenters. The Kier molecular flexibility index (Phi) is 16.1. The molecule has 68 heavy (non-hydrogen) atoms. The summed E-state index contributed by atoms with van der Waals surface area (Å²) in [7, 11) is 0. The van der Waals surface area contributed by atoms with E-state index in [-0.39, 0.29) is 49.2 Å².